The van der Waals surface area contributed by atoms with E-state index in [1.807, 2.05) is 6.92 Å². The first-order chi connectivity index (χ1) is 4.83. The minimum atomic E-state index is 0.473. The van der Waals surface area contributed by atoms with Crippen molar-refractivity contribution in [1.29, 1.82) is 0 Å². The SMILES string of the molecule is Cc1ccc(NC=O)nn1. The minimum absolute atomic E-state index is 0.473. The summed E-state index contributed by atoms with van der Waals surface area (Å²) in [7, 11) is 0. The summed E-state index contributed by atoms with van der Waals surface area (Å²) in [4.78, 5) is 9.88. The van der Waals surface area contributed by atoms with Gasteiger partial charge in [-0.3, -0.25) is 4.79 Å². The summed E-state index contributed by atoms with van der Waals surface area (Å²) in [5.41, 5.74) is 0.830. The lowest BCUT2D eigenvalue weighted by Crippen LogP contribution is -1.98. The lowest BCUT2D eigenvalue weighted by atomic mass is 10.4. The Labute approximate surface area is 58.3 Å². The van der Waals surface area contributed by atoms with E-state index < -0.39 is 0 Å². The number of nitrogens with zero attached hydrogens (tertiary/aromatic N) is 2. The van der Waals surface area contributed by atoms with Crippen molar-refractivity contribution in [1.82, 2.24) is 10.2 Å². The molecule has 10 heavy (non-hydrogen) atoms. The molecule has 1 aromatic heterocycles. The normalized spacial score (nSPS) is 8.90. The number of rotatable bonds is 2. The van der Waals surface area contributed by atoms with Crippen molar-refractivity contribution in [3.05, 3.63) is 17.8 Å². The largest absolute Gasteiger partial charge is 0.312 e. The molecular formula is C6H7N3O. The van der Waals surface area contributed by atoms with Crippen LogP contribution in [0.25, 0.3) is 0 Å². The molecule has 52 valence electrons. The molecule has 0 fully saturated rings. The number of anilines is 1. The summed E-state index contributed by atoms with van der Waals surface area (Å²) < 4.78 is 0. The number of hydrogen-bond acceptors (Lipinski definition) is 3. The number of nitrogens with one attached hydrogen (secondary N) is 1. The van der Waals surface area contributed by atoms with Gasteiger partial charge in [-0.15, -0.1) is 5.10 Å². The van der Waals surface area contributed by atoms with Crippen LogP contribution in [0.1, 0.15) is 5.69 Å². The molecule has 0 aliphatic rings. The molecule has 1 rings (SSSR count). The number of amides is 1. The molecular weight excluding hydrogens is 130 g/mol. The van der Waals surface area contributed by atoms with Gasteiger partial charge < -0.3 is 5.32 Å². The Morgan fingerprint density at radius 3 is 2.80 bits per heavy atom. The number of carbonyl (C=O) groups excluding carboxylic acids is 1. The van der Waals surface area contributed by atoms with Crippen LogP contribution in [0.4, 0.5) is 5.82 Å². The Bertz CT molecular complexity index is 219. The lowest BCUT2D eigenvalue weighted by molar-refractivity contribution is -0.105. The van der Waals surface area contributed by atoms with Crippen molar-refractivity contribution >= 4 is 12.2 Å². The summed E-state index contributed by atoms with van der Waals surface area (Å²) in [6.45, 7) is 1.83. The fourth-order valence-electron chi connectivity index (χ4n) is 0.536. The maximum Gasteiger partial charge on any atom is 0.212 e. The van der Waals surface area contributed by atoms with E-state index in [0.29, 0.717) is 12.2 Å². The Hall–Kier alpha value is -1.45. The van der Waals surface area contributed by atoms with Gasteiger partial charge in [0.1, 0.15) is 0 Å². The standard InChI is InChI=1S/C6H7N3O/c1-5-2-3-6(7-4-10)9-8-5/h2-4H,1H3,(H,7,9,10). The molecule has 0 aliphatic heterocycles. The third-order valence-electron chi connectivity index (χ3n) is 1.00. The summed E-state index contributed by atoms with van der Waals surface area (Å²) in [6, 6.07) is 3.47. The average molecular weight is 137 g/mol. The molecule has 0 spiro atoms. The molecule has 1 heterocycles. The number of aryl methyl sites for hydroxylation is 1. The highest BCUT2D eigenvalue weighted by molar-refractivity contribution is 5.68. The van der Waals surface area contributed by atoms with Crippen LogP contribution < -0.4 is 5.32 Å². The average Bonchev–Trinajstić information content (AvgIpc) is 1.95. The van der Waals surface area contributed by atoms with E-state index in [0.717, 1.165) is 5.69 Å². The smallest absolute Gasteiger partial charge is 0.212 e. The Kier molecular flexibility index (Phi) is 1.94. The highest BCUT2D eigenvalue weighted by atomic mass is 16.1. The Morgan fingerprint density at radius 2 is 2.30 bits per heavy atom. The molecule has 0 saturated carbocycles. The third kappa shape index (κ3) is 1.51. The first-order valence-electron chi connectivity index (χ1n) is 2.83. The van der Waals surface area contributed by atoms with Crippen LogP contribution in [-0.4, -0.2) is 16.6 Å². The Morgan fingerprint density at radius 1 is 1.50 bits per heavy atom. The van der Waals surface area contributed by atoms with Crippen LogP contribution in [0.15, 0.2) is 12.1 Å². The van der Waals surface area contributed by atoms with Gasteiger partial charge in [-0.05, 0) is 19.1 Å². The van der Waals surface area contributed by atoms with Gasteiger partial charge in [0, 0.05) is 0 Å². The zero-order chi connectivity index (χ0) is 7.40. The number of aromatic nitrogens is 2. The van der Waals surface area contributed by atoms with Crippen LogP contribution in [0, 0.1) is 6.92 Å². The van der Waals surface area contributed by atoms with Gasteiger partial charge in [-0.25, -0.2) is 0 Å². The molecule has 1 aromatic rings. The second-order valence-electron chi connectivity index (χ2n) is 1.82. The molecule has 0 radical (unpaired) electrons. The van der Waals surface area contributed by atoms with Crippen molar-refractivity contribution < 1.29 is 4.79 Å². The molecule has 0 bridgehead atoms. The monoisotopic (exact) mass is 137 g/mol. The van der Waals surface area contributed by atoms with Crippen molar-refractivity contribution in [2.75, 3.05) is 5.32 Å². The minimum Gasteiger partial charge on any atom is -0.312 e. The summed E-state index contributed by atoms with van der Waals surface area (Å²) in [5.74, 6) is 0.473. The first kappa shape index (κ1) is 6.67. The quantitative estimate of drug-likeness (QED) is 0.598. The van der Waals surface area contributed by atoms with E-state index >= 15 is 0 Å². The molecule has 1 amide bonds. The molecule has 0 saturated heterocycles. The van der Waals surface area contributed by atoms with E-state index in [4.69, 9.17) is 0 Å². The third-order valence-corrected chi connectivity index (χ3v) is 1.00. The van der Waals surface area contributed by atoms with E-state index in [1.54, 1.807) is 12.1 Å². The first-order valence-corrected chi connectivity index (χ1v) is 2.83. The Balaban J connectivity index is 2.78. The van der Waals surface area contributed by atoms with Gasteiger partial charge in [0.05, 0.1) is 5.69 Å². The molecule has 0 aliphatic carbocycles. The molecule has 0 unspecified atom stereocenters. The number of carbonyl (C=O) groups is 1. The summed E-state index contributed by atoms with van der Waals surface area (Å²) >= 11 is 0. The van der Waals surface area contributed by atoms with Crippen LogP contribution >= 0.6 is 0 Å². The second kappa shape index (κ2) is 2.91. The fraction of sp³-hybridized carbons (Fsp3) is 0.167. The fourth-order valence-corrected chi connectivity index (χ4v) is 0.536. The van der Waals surface area contributed by atoms with E-state index in [2.05, 4.69) is 15.5 Å². The maximum absolute atomic E-state index is 9.88. The van der Waals surface area contributed by atoms with Gasteiger partial charge in [-0.1, -0.05) is 0 Å². The van der Waals surface area contributed by atoms with Crippen molar-refractivity contribution in [2.45, 2.75) is 6.92 Å². The molecule has 4 heteroatoms. The van der Waals surface area contributed by atoms with Crippen molar-refractivity contribution in [3.8, 4) is 0 Å². The molecule has 0 atom stereocenters. The van der Waals surface area contributed by atoms with Crippen molar-refractivity contribution in [3.63, 3.8) is 0 Å². The predicted octanol–water partition coefficient (Wildman–Crippen LogP) is 0.353. The van der Waals surface area contributed by atoms with Crippen LogP contribution in [-0.2, 0) is 4.79 Å². The van der Waals surface area contributed by atoms with Crippen LogP contribution in [0.2, 0.25) is 0 Å². The molecule has 0 aromatic carbocycles. The van der Waals surface area contributed by atoms with E-state index in [9.17, 15) is 4.79 Å². The predicted molar refractivity (Wildman–Crippen MR) is 36.5 cm³/mol. The van der Waals surface area contributed by atoms with Gasteiger partial charge in [0.25, 0.3) is 0 Å². The molecule has 1 N–H and O–H groups in total. The summed E-state index contributed by atoms with van der Waals surface area (Å²) in [6.07, 6.45) is 0.569. The second-order valence-corrected chi connectivity index (χ2v) is 1.82. The zero-order valence-corrected chi connectivity index (χ0v) is 5.53. The number of hydrogen-bond donors (Lipinski definition) is 1. The van der Waals surface area contributed by atoms with Gasteiger partial charge in [0.15, 0.2) is 5.82 Å². The van der Waals surface area contributed by atoms with Gasteiger partial charge >= 0.3 is 0 Å². The zero-order valence-electron chi connectivity index (χ0n) is 5.53. The maximum atomic E-state index is 9.88. The van der Waals surface area contributed by atoms with E-state index in [1.165, 1.54) is 0 Å². The highest BCUT2D eigenvalue weighted by Gasteiger charge is 1.89. The van der Waals surface area contributed by atoms with Crippen LogP contribution in [0.3, 0.4) is 0 Å². The summed E-state index contributed by atoms with van der Waals surface area (Å²) in [5, 5.41) is 9.78. The van der Waals surface area contributed by atoms with Crippen LogP contribution in [0.5, 0.6) is 0 Å². The van der Waals surface area contributed by atoms with Gasteiger partial charge in [-0.2, -0.15) is 5.10 Å². The van der Waals surface area contributed by atoms with Gasteiger partial charge in [0.2, 0.25) is 6.41 Å². The molecule has 4 nitrogen and oxygen atoms in total. The van der Waals surface area contributed by atoms with E-state index in [-0.39, 0.29) is 0 Å². The lowest BCUT2D eigenvalue weighted by Gasteiger charge is -1.93. The van der Waals surface area contributed by atoms with Crippen molar-refractivity contribution in [2.24, 2.45) is 0 Å². The topological polar surface area (TPSA) is 54.9 Å². The highest BCUT2D eigenvalue weighted by Crippen LogP contribution is 1.97.